The molecule has 1 aliphatic rings. The lowest BCUT2D eigenvalue weighted by Crippen LogP contribution is -2.15. The molecule has 106 valence electrons. The predicted molar refractivity (Wildman–Crippen MR) is 84.1 cm³/mol. The van der Waals surface area contributed by atoms with E-state index in [0.717, 1.165) is 34.5 Å². The normalized spacial score (nSPS) is 17.3. The summed E-state index contributed by atoms with van der Waals surface area (Å²) in [6.07, 6.45) is 3.49. The Labute approximate surface area is 127 Å². The molecular formula is C12H18IN3O2S. The van der Waals surface area contributed by atoms with Gasteiger partial charge in [-0.2, -0.15) is 0 Å². The minimum Gasteiger partial charge on any atom is -0.369 e. The molecule has 0 spiro atoms. The zero-order valence-electron chi connectivity index (χ0n) is 11.3. The van der Waals surface area contributed by atoms with Crippen LogP contribution in [0.25, 0.3) is 0 Å². The van der Waals surface area contributed by atoms with Crippen molar-refractivity contribution in [3.63, 3.8) is 0 Å². The fraction of sp³-hybridized carbons (Fsp3) is 0.667. The number of nitrogens with one attached hydrogen (secondary N) is 1. The number of aromatic nitrogens is 2. The fourth-order valence-electron chi connectivity index (χ4n) is 1.77. The Morgan fingerprint density at radius 2 is 2.05 bits per heavy atom. The van der Waals surface area contributed by atoms with Gasteiger partial charge in [0.1, 0.15) is 16.9 Å². The summed E-state index contributed by atoms with van der Waals surface area (Å²) >= 11 is 2.24. The van der Waals surface area contributed by atoms with E-state index in [2.05, 4.69) is 37.9 Å². The summed E-state index contributed by atoms with van der Waals surface area (Å²) in [6, 6.07) is 0. The molecule has 1 aliphatic carbocycles. The van der Waals surface area contributed by atoms with E-state index in [-0.39, 0.29) is 0 Å². The fourth-order valence-corrected chi connectivity index (χ4v) is 3.13. The van der Waals surface area contributed by atoms with E-state index in [4.69, 9.17) is 0 Å². The first kappa shape index (κ1) is 15.0. The molecule has 1 aromatic heterocycles. The highest BCUT2D eigenvalue weighted by Crippen LogP contribution is 2.42. The van der Waals surface area contributed by atoms with E-state index in [1.807, 2.05) is 6.92 Å². The van der Waals surface area contributed by atoms with Crippen molar-refractivity contribution >= 4 is 38.2 Å². The van der Waals surface area contributed by atoms with E-state index < -0.39 is 15.1 Å². The van der Waals surface area contributed by atoms with E-state index in [1.165, 1.54) is 6.26 Å². The number of anilines is 1. The molecule has 1 atom stereocenters. The van der Waals surface area contributed by atoms with Gasteiger partial charge in [0.15, 0.2) is 9.84 Å². The number of hydrogen-bond donors (Lipinski definition) is 1. The van der Waals surface area contributed by atoms with Crippen molar-refractivity contribution in [2.75, 3.05) is 18.1 Å². The molecule has 1 unspecified atom stereocenters. The highest BCUT2D eigenvalue weighted by Gasteiger charge is 2.31. The van der Waals surface area contributed by atoms with Crippen molar-refractivity contribution in [2.24, 2.45) is 0 Å². The highest BCUT2D eigenvalue weighted by molar-refractivity contribution is 14.1. The smallest absolute Gasteiger partial charge is 0.157 e. The van der Waals surface area contributed by atoms with Crippen LogP contribution in [-0.4, -0.2) is 31.2 Å². The van der Waals surface area contributed by atoms with Crippen LogP contribution in [0.15, 0.2) is 0 Å². The number of rotatable bonds is 5. The van der Waals surface area contributed by atoms with Crippen LogP contribution in [-0.2, 0) is 9.84 Å². The molecule has 1 N–H and O–H groups in total. The van der Waals surface area contributed by atoms with Crippen LogP contribution in [0.1, 0.15) is 49.4 Å². The SMILES string of the molecule is CCNc1nc(C(C)S(C)(=O)=O)nc(C2CC2)c1I. The Hall–Kier alpha value is -0.440. The van der Waals surface area contributed by atoms with Gasteiger partial charge in [0.2, 0.25) is 0 Å². The zero-order valence-corrected chi connectivity index (χ0v) is 14.2. The van der Waals surface area contributed by atoms with Crippen LogP contribution in [0.5, 0.6) is 0 Å². The molecule has 1 fully saturated rings. The second-order valence-corrected chi connectivity index (χ2v) is 8.35. The average molecular weight is 395 g/mol. The molecule has 1 aromatic rings. The first-order valence-electron chi connectivity index (χ1n) is 6.34. The van der Waals surface area contributed by atoms with Crippen molar-refractivity contribution in [3.8, 4) is 0 Å². The van der Waals surface area contributed by atoms with Gasteiger partial charge in [-0.05, 0) is 49.3 Å². The molecule has 0 saturated heterocycles. The van der Waals surface area contributed by atoms with Gasteiger partial charge < -0.3 is 5.32 Å². The Bertz CT molecular complexity index is 585. The Balaban J connectivity index is 2.49. The highest BCUT2D eigenvalue weighted by atomic mass is 127. The van der Waals surface area contributed by atoms with Crippen molar-refractivity contribution in [2.45, 2.75) is 37.9 Å². The van der Waals surface area contributed by atoms with Crippen LogP contribution < -0.4 is 5.32 Å². The summed E-state index contributed by atoms with van der Waals surface area (Å²) in [5, 5.41) is 2.52. The van der Waals surface area contributed by atoms with E-state index in [0.29, 0.717) is 11.7 Å². The molecular weight excluding hydrogens is 377 g/mol. The summed E-state index contributed by atoms with van der Waals surface area (Å²) < 4.78 is 24.4. The van der Waals surface area contributed by atoms with Gasteiger partial charge in [-0.25, -0.2) is 18.4 Å². The third-order valence-corrected chi connectivity index (χ3v) is 5.77. The third-order valence-electron chi connectivity index (χ3n) is 3.21. The van der Waals surface area contributed by atoms with Crippen LogP contribution >= 0.6 is 22.6 Å². The topological polar surface area (TPSA) is 72.0 Å². The average Bonchev–Trinajstić information content (AvgIpc) is 3.14. The van der Waals surface area contributed by atoms with Crippen LogP contribution in [0, 0.1) is 3.57 Å². The standard InChI is InChI=1S/C12H18IN3O2S/c1-4-14-12-9(13)10(8-5-6-8)15-11(16-12)7(2)19(3,17)18/h7-8H,4-6H2,1-3H3,(H,14,15,16). The van der Waals surface area contributed by atoms with Gasteiger partial charge in [-0.3, -0.25) is 0 Å². The Morgan fingerprint density at radius 3 is 2.53 bits per heavy atom. The van der Waals surface area contributed by atoms with E-state index in [1.54, 1.807) is 6.92 Å². The third kappa shape index (κ3) is 3.36. The summed E-state index contributed by atoms with van der Waals surface area (Å²) in [5.74, 6) is 1.63. The van der Waals surface area contributed by atoms with Gasteiger partial charge in [-0.1, -0.05) is 0 Å². The Morgan fingerprint density at radius 1 is 1.42 bits per heavy atom. The molecule has 1 heterocycles. The van der Waals surface area contributed by atoms with Gasteiger partial charge in [0, 0.05) is 18.7 Å². The maximum absolute atomic E-state index is 11.7. The summed E-state index contributed by atoms with van der Waals surface area (Å²) in [7, 11) is -3.18. The van der Waals surface area contributed by atoms with E-state index >= 15 is 0 Å². The first-order chi connectivity index (χ1) is 8.84. The predicted octanol–water partition coefficient (Wildman–Crippen LogP) is 2.50. The molecule has 5 nitrogen and oxygen atoms in total. The number of nitrogens with zero attached hydrogens (tertiary/aromatic N) is 2. The number of halogens is 1. The minimum atomic E-state index is -3.18. The first-order valence-corrected chi connectivity index (χ1v) is 9.38. The lowest BCUT2D eigenvalue weighted by molar-refractivity contribution is 0.588. The van der Waals surface area contributed by atoms with Gasteiger partial charge in [0.05, 0.1) is 9.26 Å². The quantitative estimate of drug-likeness (QED) is 0.776. The molecule has 0 amide bonds. The summed E-state index contributed by atoms with van der Waals surface area (Å²) in [5.41, 5.74) is 0.997. The monoisotopic (exact) mass is 395 g/mol. The van der Waals surface area contributed by atoms with Crippen molar-refractivity contribution < 1.29 is 8.42 Å². The summed E-state index contributed by atoms with van der Waals surface area (Å²) in [6.45, 7) is 4.39. The van der Waals surface area contributed by atoms with Crippen LogP contribution in [0.2, 0.25) is 0 Å². The molecule has 0 aliphatic heterocycles. The molecule has 19 heavy (non-hydrogen) atoms. The van der Waals surface area contributed by atoms with Gasteiger partial charge in [-0.15, -0.1) is 0 Å². The van der Waals surface area contributed by atoms with Crippen molar-refractivity contribution in [1.82, 2.24) is 9.97 Å². The molecule has 0 aromatic carbocycles. The number of sulfone groups is 1. The van der Waals surface area contributed by atoms with Gasteiger partial charge >= 0.3 is 0 Å². The second-order valence-electron chi connectivity index (χ2n) is 4.91. The molecule has 0 bridgehead atoms. The second kappa shape index (κ2) is 5.51. The molecule has 2 rings (SSSR count). The minimum absolute atomic E-state index is 0.403. The maximum atomic E-state index is 11.7. The summed E-state index contributed by atoms with van der Waals surface area (Å²) in [4.78, 5) is 8.90. The molecule has 0 radical (unpaired) electrons. The molecule has 1 saturated carbocycles. The van der Waals surface area contributed by atoms with Crippen molar-refractivity contribution in [3.05, 3.63) is 15.1 Å². The van der Waals surface area contributed by atoms with Crippen molar-refractivity contribution in [1.29, 1.82) is 0 Å². The maximum Gasteiger partial charge on any atom is 0.157 e. The zero-order chi connectivity index (χ0) is 14.2. The lowest BCUT2D eigenvalue weighted by atomic mass is 10.2. The van der Waals surface area contributed by atoms with Crippen LogP contribution in [0.4, 0.5) is 5.82 Å². The molecule has 7 heteroatoms. The van der Waals surface area contributed by atoms with E-state index in [9.17, 15) is 8.42 Å². The van der Waals surface area contributed by atoms with Gasteiger partial charge in [0.25, 0.3) is 0 Å². The number of hydrogen-bond acceptors (Lipinski definition) is 5. The van der Waals surface area contributed by atoms with Crippen LogP contribution in [0.3, 0.4) is 0 Å². The lowest BCUT2D eigenvalue weighted by Gasteiger charge is -2.14. The Kier molecular flexibility index (Phi) is 4.34. The largest absolute Gasteiger partial charge is 0.369 e.